The number of pyridine rings is 2. The van der Waals surface area contributed by atoms with Crippen LogP contribution in [-0.2, 0) is 6.54 Å². The third kappa shape index (κ3) is 5.37. The number of rotatable bonds is 8. The predicted molar refractivity (Wildman–Crippen MR) is 137 cm³/mol. The highest BCUT2D eigenvalue weighted by Crippen LogP contribution is 2.31. The molecule has 3 aromatic rings. The van der Waals surface area contributed by atoms with Gasteiger partial charge < -0.3 is 21.0 Å². The van der Waals surface area contributed by atoms with Crippen molar-refractivity contribution in [1.29, 1.82) is 5.41 Å². The summed E-state index contributed by atoms with van der Waals surface area (Å²) in [7, 11) is 0. The summed E-state index contributed by atoms with van der Waals surface area (Å²) in [5.41, 5.74) is 5.18. The van der Waals surface area contributed by atoms with Gasteiger partial charge in [-0.15, -0.1) is 0 Å². The topological polar surface area (TPSA) is 128 Å². The lowest BCUT2D eigenvalue weighted by molar-refractivity contribution is 0.0950. The summed E-state index contributed by atoms with van der Waals surface area (Å²) in [6.45, 7) is 3.73. The Morgan fingerprint density at radius 2 is 1.94 bits per heavy atom. The molecule has 4 rings (SSSR count). The van der Waals surface area contributed by atoms with Crippen molar-refractivity contribution in [1.82, 2.24) is 15.3 Å². The molecule has 180 valence electrons. The molecule has 1 aromatic carbocycles. The van der Waals surface area contributed by atoms with Gasteiger partial charge in [-0.3, -0.25) is 19.4 Å². The van der Waals surface area contributed by atoms with Crippen LogP contribution in [0.2, 0.25) is 0 Å². The van der Waals surface area contributed by atoms with Gasteiger partial charge in [-0.1, -0.05) is 18.9 Å². The van der Waals surface area contributed by atoms with Crippen LogP contribution in [0, 0.1) is 19.3 Å². The second-order valence-corrected chi connectivity index (χ2v) is 8.97. The molecule has 8 nitrogen and oxygen atoms in total. The number of aromatic amines is 1. The van der Waals surface area contributed by atoms with Gasteiger partial charge in [0.15, 0.2) is 6.29 Å². The van der Waals surface area contributed by atoms with E-state index in [-0.39, 0.29) is 24.1 Å². The number of aryl methyl sites for hydroxylation is 2. The van der Waals surface area contributed by atoms with Gasteiger partial charge in [-0.2, -0.15) is 0 Å². The van der Waals surface area contributed by atoms with Crippen LogP contribution in [0.25, 0.3) is 11.1 Å². The largest absolute Gasteiger partial charge is 0.382 e. The monoisotopic (exact) mass is 471 g/mol. The number of aromatic nitrogens is 2. The standard InChI is InChI=1S/C27H29N5O3/c1-16-9-17(2)31-27(35)24(16)14-30-26(34)22-10-19(18-7-8-21(15-33)29-13-18)11-25(23(22)12-28)32-20-5-3-4-6-20/h7-13,15,20,28,32H,3-6,14H2,1-2H3,(H,30,34)(H,31,35). The highest BCUT2D eigenvalue weighted by Gasteiger charge is 2.21. The molecule has 1 amide bonds. The minimum absolute atomic E-state index is 0.0723. The lowest BCUT2D eigenvalue weighted by Crippen LogP contribution is -2.29. The number of aldehydes is 1. The minimum atomic E-state index is -0.378. The predicted octanol–water partition coefficient (Wildman–Crippen LogP) is 4.15. The Bertz CT molecular complexity index is 1320. The number of hydrogen-bond donors (Lipinski definition) is 4. The van der Waals surface area contributed by atoms with Crippen LogP contribution in [0.3, 0.4) is 0 Å². The van der Waals surface area contributed by atoms with Crippen molar-refractivity contribution in [2.75, 3.05) is 5.32 Å². The molecule has 1 fully saturated rings. The second-order valence-electron chi connectivity index (χ2n) is 8.97. The SMILES string of the molecule is Cc1cc(C)c(CNC(=O)c2cc(-c3ccc(C=O)nc3)cc(NC3CCCC3)c2C=N)c(=O)[nH]1. The molecule has 0 saturated heterocycles. The lowest BCUT2D eigenvalue weighted by Gasteiger charge is -2.20. The van der Waals surface area contributed by atoms with Crippen molar-refractivity contribution in [3.05, 3.63) is 80.5 Å². The molecule has 0 radical (unpaired) electrons. The molecule has 0 atom stereocenters. The number of nitrogens with zero attached hydrogens (tertiary/aromatic N) is 1. The quantitative estimate of drug-likeness (QED) is 0.290. The third-order valence-corrected chi connectivity index (χ3v) is 6.44. The summed E-state index contributed by atoms with van der Waals surface area (Å²) in [4.78, 5) is 43.7. The summed E-state index contributed by atoms with van der Waals surface area (Å²) in [6.07, 6.45) is 7.83. The number of hydrogen-bond acceptors (Lipinski definition) is 6. The van der Waals surface area contributed by atoms with Crippen LogP contribution in [0.15, 0.2) is 41.3 Å². The molecule has 0 spiro atoms. The maximum atomic E-state index is 13.3. The Morgan fingerprint density at radius 1 is 1.17 bits per heavy atom. The summed E-state index contributed by atoms with van der Waals surface area (Å²) in [5.74, 6) is -0.378. The van der Waals surface area contributed by atoms with Crippen LogP contribution < -0.4 is 16.2 Å². The average molecular weight is 472 g/mol. The van der Waals surface area contributed by atoms with E-state index in [9.17, 15) is 14.4 Å². The zero-order valence-corrected chi connectivity index (χ0v) is 19.9. The maximum Gasteiger partial charge on any atom is 0.253 e. The number of carbonyl (C=O) groups excluding carboxylic acids is 2. The van der Waals surface area contributed by atoms with Gasteiger partial charge in [0.2, 0.25) is 0 Å². The first kappa shape index (κ1) is 24.1. The van der Waals surface area contributed by atoms with Crippen molar-refractivity contribution >= 4 is 24.1 Å². The fourth-order valence-corrected chi connectivity index (χ4v) is 4.58. The molecule has 2 aromatic heterocycles. The number of carbonyl (C=O) groups is 2. The molecule has 8 heteroatoms. The summed E-state index contributed by atoms with van der Waals surface area (Å²) >= 11 is 0. The normalized spacial score (nSPS) is 13.4. The molecular weight excluding hydrogens is 442 g/mol. The summed E-state index contributed by atoms with van der Waals surface area (Å²) in [6, 6.07) is 9.20. The van der Waals surface area contributed by atoms with Crippen LogP contribution in [-0.4, -0.2) is 34.4 Å². The Hall–Kier alpha value is -4.07. The average Bonchev–Trinajstić information content (AvgIpc) is 3.36. The Morgan fingerprint density at radius 3 is 2.57 bits per heavy atom. The molecule has 1 saturated carbocycles. The van der Waals surface area contributed by atoms with E-state index in [0.717, 1.165) is 48.1 Å². The third-order valence-electron chi connectivity index (χ3n) is 6.44. The van der Waals surface area contributed by atoms with Gasteiger partial charge in [0.05, 0.1) is 5.56 Å². The van der Waals surface area contributed by atoms with Crippen molar-refractivity contribution in [3.8, 4) is 11.1 Å². The van der Waals surface area contributed by atoms with E-state index in [1.54, 1.807) is 24.4 Å². The number of nitrogens with one attached hydrogen (secondary N) is 4. The molecule has 35 heavy (non-hydrogen) atoms. The molecule has 2 heterocycles. The van der Waals surface area contributed by atoms with Gasteiger partial charge in [-0.25, -0.2) is 0 Å². The van der Waals surface area contributed by atoms with E-state index in [2.05, 4.69) is 20.6 Å². The first-order valence-electron chi connectivity index (χ1n) is 11.7. The van der Waals surface area contributed by atoms with Gasteiger partial charge in [0, 0.05) is 53.1 Å². The molecule has 0 bridgehead atoms. The number of amides is 1. The maximum absolute atomic E-state index is 13.3. The fourth-order valence-electron chi connectivity index (χ4n) is 4.58. The summed E-state index contributed by atoms with van der Waals surface area (Å²) in [5, 5.41) is 14.4. The van der Waals surface area contributed by atoms with E-state index < -0.39 is 0 Å². The zero-order chi connectivity index (χ0) is 24.9. The molecule has 1 aliphatic carbocycles. The molecule has 0 aliphatic heterocycles. The highest BCUT2D eigenvalue weighted by atomic mass is 16.2. The van der Waals surface area contributed by atoms with E-state index in [4.69, 9.17) is 5.41 Å². The first-order valence-corrected chi connectivity index (χ1v) is 11.7. The van der Waals surface area contributed by atoms with E-state index in [0.29, 0.717) is 34.4 Å². The van der Waals surface area contributed by atoms with Crippen molar-refractivity contribution in [3.63, 3.8) is 0 Å². The van der Waals surface area contributed by atoms with Gasteiger partial charge in [0.1, 0.15) is 5.69 Å². The van der Waals surface area contributed by atoms with Crippen molar-refractivity contribution in [2.45, 2.75) is 52.1 Å². The lowest BCUT2D eigenvalue weighted by atomic mass is 9.97. The number of benzene rings is 1. The smallest absolute Gasteiger partial charge is 0.253 e. The number of H-pyrrole nitrogens is 1. The Balaban J connectivity index is 1.71. The van der Waals surface area contributed by atoms with Crippen LogP contribution in [0.1, 0.15) is 68.9 Å². The molecular formula is C27H29N5O3. The minimum Gasteiger partial charge on any atom is -0.382 e. The Kier molecular flexibility index (Phi) is 7.19. The Labute approximate surface area is 203 Å². The highest BCUT2D eigenvalue weighted by molar-refractivity contribution is 6.06. The van der Waals surface area contributed by atoms with Crippen LogP contribution in [0.5, 0.6) is 0 Å². The zero-order valence-electron chi connectivity index (χ0n) is 19.9. The molecule has 0 unspecified atom stereocenters. The van der Waals surface area contributed by atoms with Gasteiger partial charge in [0.25, 0.3) is 11.5 Å². The number of anilines is 1. The molecule has 1 aliphatic rings. The van der Waals surface area contributed by atoms with E-state index in [1.165, 1.54) is 6.21 Å². The first-order chi connectivity index (χ1) is 16.9. The fraction of sp³-hybridized carbons (Fsp3) is 0.296. The van der Waals surface area contributed by atoms with Crippen molar-refractivity contribution in [2.24, 2.45) is 0 Å². The van der Waals surface area contributed by atoms with Gasteiger partial charge >= 0.3 is 0 Å². The summed E-state index contributed by atoms with van der Waals surface area (Å²) < 4.78 is 0. The second kappa shape index (κ2) is 10.5. The van der Waals surface area contributed by atoms with E-state index in [1.807, 2.05) is 26.0 Å². The van der Waals surface area contributed by atoms with E-state index >= 15 is 0 Å². The van der Waals surface area contributed by atoms with Crippen LogP contribution >= 0.6 is 0 Å². The van der Waals surface area contributed by atoms with Crippen molar-refractivity contribution < 1.29 is 9.59 Å². The molecule has 4 N–H and O–H groups in total. The van der Waals surface area contributed by atoms with Crippen LogP contribution in [0.4, 0.5) is 5.69 Å². The van der Waals surface area contributed by atoms with Gasteiger partial charge in [-0.05, 0) is 62.1 Å².